The van der Waals surface area contributed by atoms with E-state index in [-0.39, 0.29) is 12.3 Å². The van der Waals surface area contributed by atoms with Crippen LogP contribution in [0.25, 0.3) is 0 Å². The topological polar surface area (TPSA) is 37.7 Å². The van der Waals surface area contributed by atoms with Crippen LogP contribution < -0.4 is 4.74 Å². The van der Waals surface area contributed by atoms with Crippen LogP contribution in [0.5, 0.6) is 5.75 Å². The fourth-order valence-electron chi connectivity index (χ4n) is 3.60. The largest absolute Gasteiger partial charge is 0.464 e. The average molecular weight is 362 g/mol. The first-order chi connectivity index (χ1) is 12.8. The molecule has 3 aromatic rings. The third kappa shape index (κ3) is 2.54. The van der Waals surface area contributed by atoms with Crippen molar-refractivity contribution in [1.29, 1.82) is 0 Å². The van der Waals surface area contributed by atoms with Gasteiger partial charge < -0.3 is 4.74 Å². The Morgan fingerprint density at radius 2 is 1.88 bits per heavy atom. The summed E-state index contributed by atoms with van der Waals surface area (Å²) in [6, 6.07) is 22.0. The number of fused-ring (bicyclic) bond motifs is 3. The van der Waals surface area contributed by atoms with Crippen molar-refractivity contribution in [1.82, 2.24) is 9.99 Å². The van der Waals surface area contributed by atoms with E-state index in [1.807, 2.05) is 65.7 Å². The van der Waals surface area contributed by atoms with Crippen molar-refractivity contribution in [3.8, 4) is 5.75 Å². The van der Waals surface area contributed by atoms with E-state index in [1.54, 1.807) is 6.20 Å². The summed E-state index contributed by atoms with van der Waals surface area (Å²) in [6.07, 6.45) is 2.29. The van der Waals surface area contributed by atoms with Crippen molar-refractivity contribution in [3.05, 3.63) is 94.8 Å². The standard InChI is InChI=1S/C21H16ClN3O/c22-15-7-5-6-14(12-15)21-25-19(16-8-1-2-10-20(16)26-21)13-18(24-25)17-9-3-4-11-23-17/h1-12,19,21H,13H2/t19-,21-/m1/s1. The molecule has 0 unspecified atom stereocenters. The molecule has 0 radical (unpaired) electrons. The number of benzene rings is 2. The van der Waals surface area contributed by atoms with E-state index >= 15 is 0 Å². The molecule has 1 aromatic heterocycles. The second-order valence-corrected chi connectivity index (χ2v) is 6.86. The molecular formula is C21H16ClN3O. The zero-order chi connectivity index (χ0) is 17.5. The summed E-state index contributed by atoms with van der Waals surface area (Å²) < 4.78 is 6.31. The highest BCUT2D eigenvalue weighted by atomic mass is 35.5. The molecule has 3 heterocycles. The fourth-order valence-corrected chi connectivity index (χ4v) is 3.80. The maximum absolute atomic E-state index is 6.31. The van der Waals surface area contributed by atoms with Crippen LogP contribution in [-0.4, -0.2) is 15.7 Å². The lowest BCUT2D eigenvalue weighted by atomic mass is 9.97. The smallest absolute Gasteiger partial charge is 0.213 e. The van der Waals surface area contributed by atoms with Crippen LogP contribution in [-0.2, 0) is 0 Å². The lowest BCUT2D eigenvalue weighted by Gasteiger charge is -2.38. The molecule has 0 N–H and O–H groups in total. The monoisotopic (exact) mass is 361 g/mol. The maximum Gasteiger partial charge on any atom is 0.213 e. The SMILES string of the molecule is Clc1cccc([C@H]2Oc3ccccc3[C@H]3CC(c4ccccn4)=NN32)c1. The van der Waals surface area contributed by atoms with E-state index in [0.717, 1.165) is 34.7 Å². The molecule has 0 bridgehead atoms. The number of rotatable bonds is 2. The number of halogens is 1. The minimum atomic E-state index is -0.310. The minimum absolute atomic E-state index is 0.126. The Morgan fingerprint density at radius 3 is 2.73 bits per heavy atom. The molecule has 5 rings (SSSR count). The highest BCUT2D eigenvalue weighted by Crippen LogP contribution is 2.47. The summed E-state index contributed by atoms with van der Waals surface area (Å²) in [4.78, 5) is 4.47. The second kappa shape index (κ2) is 6.15. The minimum Gasteiger partial charge on any atom is -0.464 e. The van der Waals surface area contributed by atoms with Gasteiger partial charge in [-0.3, -0.25) is 4.98 Å². The molecule has 2 aromatic carbocycles. The van der Waals surface area contributed by atoms with Gasteiger partial charge in [0.15, 0.2) is 0 Å². The van der Waals surface area contributed by atoms with Crippen LogP contribution in [0.3, 0.4) is 0 Å². The molecule has 2 aliphatic heterocycles. The molecule has 2 aliphatic rings. The number of nitrogens with zero attached hydrogens (tertiary/aromatic N) is 3. The molecule has 5 heteroatoms. The van der Waals surface area contributed by atoms with E-state index in [1.165, 1.54) is 0 Å². The zero-order valence-corrected chi connectivity index (χ0v) is 14.7. The van der Waals surface area contributed by atoms with Crippen molar-refractivity contribution in [2.75, 3.05) is 0 Å². The van der Waals surface area contributed by atoms with Gasteiger partial charge in [0.25, 0.3) is 0 Å². The Morgan fingerprint density at radius 1 is 1.00 bits per heavy atom. The number of para-hydroxylation sites is 1. The summed E-state index contributed by atoms with van der Waals surface area (Å²) in [7, 11) is 0. The predicted molar refractivity (Wildman–Crippen MR) is 101 cm³/mol. The number of aromatic nitrogens is 1. The quantitative estimate of drug-likeness (QED) is 0.646. The Labute approximate surface area is 156 Å². The van der Waals surface area contributed by atoms with E-state index < -0.39 is 0 Å². The van der Waals surface area contributed by atoms with Gasteiger partial charge in [-0.05, 0) is 30.3 Å². The van der Waals surface area contributed by atoms with Gasteiger partial charge in [-0.25, -0.2) is 5.01 Å². The van der Waals surface area contributed by atoms with Gasteiger partial charge in [0, 0.05) is 28.8 Å². The Balaban J connectivity index is 1.61. The Hall–Kier alpha value is -2.85. The van der Waals surface area contributed by atoms with Crippen LogP contribution in [0, 0.1) is 0 Å². The highest BCUT2D eigenvalue weighted by molar-refractivity contribution is 6.30. The number of hydrazone groups is 1. The van der Waals surface area contributed by atoms with Gasteiger partial charge in [0.2, 0.25) is 6.23 Å². The van der Waals surface area contributed by atoms with Crippen molar-refractivity contribution in [3.63, 3.8) is 0 Å². The molecule has 0 amide bonds. The van der Waals surface area contributed by atoms with Crippen LogP contribution >= 0.6 is 11.6 Å². The van der Waals surface area contributed by atoms with Crippen LogP contribution in [0.15, 0.2) is 78.0 Å². The lowest BCUT2D eigenvalue weighted by Crippen LogP contribution is -2.33. The second-order valence-electron chi connectivity index (χ2n) is 6.42. The van der Waals surface area contributed by atoms with E-state index in [4.69, 9.17) is 21.4 Å². The highest BCUT2D eigenvalue weighted by Gasteiger charge is 2.41. The Kier molecular flexibility index (Phi) is 3.64. The molecule has 0 saturated heterocycles. The third-order valence-electron chi connectivity index (χ3n) is 4.79. The van der Waals surface area contributed by atoms with Crippen molar-refractivity contribution in [2.45, 2.75) is 18.7 Å². The predicted octanol–water partition coefficient (Wildman–Crippen LogP) is 4.98. The number of pyridine rings is 1. The molecule has 0 fully saturated rings. The van der Waals surface area contributed by atoms with Crippen LogP contribution in [0.1, 0.15) is 35.5 Å². The van der Waals surface area contributed by atoms with Gasteiger partial charge in [0.1, 0.15) is 5.75 Å². The van der Waals surface area contributed by atoms with Crippen molar-refractivity contribution >= 4 is 17.3 Å². The molecule has 0 aliphatic carbocycles. The number of ether oxygens (including phenoxy) is 1. The normalized spacial score (nSPS) is 20.8. The van der Waals surface area contributed by atoms with Crippen molar-refractivity contribution in [2.24, 2.45) is 5.10 Å². The van der Waals surface area contributed by atoms with E-state index in [0.29, 0.717) is 5.02 Å². The maximum atomic E-state index is 6.31. The van der Waals surface area contributed by atoms with Gasteiger partial charge in [0.05, 0.1) is 17.4 Å². The number of hydrogen-bond acceptors (Lipinski definition) is 4. The summed E-state index contributed by atoms with van der Waals surface area (Å²) in [5, 5.41) is 7.62. The Bertz CT molecular complexity index is 989. The molecule has 128 valence electrons. The summed E-state index contributed by atoms with van der Waals surface area (Å²) in [5.74, 6) is 0.899. The molecular weight excluding hydrogens is 346 g/mol. The molecule has 0 saturated carbocycles. The number of hydrogen-bond donors (Lipinski definition) is 0. The van der Waals surface area contributed by atoms with Gasteiger partial charge in [-0.15, -0.1) is 0 Å². The third-order valence-corrected chi connectivity index (χ3v) is 5.03. The summed E-state index contributed by atoms with van der Waals surface area (Å²) in [5.41, 5.74) is 4.02. The molecule has 4 nitrogen and oxygen atoms in total. The first-order valence-corrected chi connectivity index (χ1v) is 8.96. The van der Waals surface area contributed by atoms with Gasteiger partial charge in [-0.2, -0.15) is 5.10 Å². The van der Waals surface area contributed by atoms with Gasteiger partial charge >= 0.3 is 0 Å². The van der Waals surface area contributed by atoms with Crippen LogP contribution in [0.4, 0.5) is 0 Å². The summed E-state index contributed by atoms with van der Waals surface area (Å²) >= 11 is 6.21. The van der Waals surface area contributed by atoms with Gasteiger partial charge in [-0.1, -0.05) is 48.0 Å². The molecule has 2 atom stereocenters. The first kappa shape index (κ1) is 15.4. The van der Waals surface area contributed by atoms with E-state index in [9.17, 15) is 0 Å². The average Bonchev–Trinajstić information content (AvgIpc) is 3.14. The molecule has 0 spiro atoms. The lowest BCUT2D eigenvalue weighted by molar-refractivity contribution is -0.0190. The zero-order valence-electron chi connectivity index (χ0n) is 13.9. The molecule has 26 heavy (non-hydrogen) atoms. The van der Waals surface area contributed by atoms with Crippen LogP contribution in [0.2, 0.25) is 5.02 Å². The van der Waals surface area contributed by atoms with E-state index in [2.05, 4.69) is 11.1 Å². The van der Waals surface area contributed by atoms with Crippen molar-refractivity contribution < 1.29 is 4.74 Å². The fraction of sp³-hybridized carbons (Fsp3) is 0.143. The summed E-state index contributed by atoms with van der Waals surface area (Å²) in [6.45, 7) is 0. The first-order valence-electron chi connectivity index (χ1n) is 8.58.